The molecule has 28 heavy (non-hydrogen) atoms. The number of aromatic nitrogens is 4. The largest absolute Gasteiger partial charge is 0.421 e. The fraction of sp³-hybridized carbons (Fsp3) is 0.529. The Morgan fingerprint density at radius 1 is 1.32 bits per heavy atom. The van der Waals surface area contributed by atoms with E-state index in [-0.39, 0.29) is 23.2 Å². The highest BCUT2D eigenvalue weighted by molar-refractivity contribution is 5.60. The van der Waals surface area contributed by atoms with Gasteiger partial charge in [0.05, 0.1) is 24.5 Å². The van der Waals surface area contributed by atoms with E-state index < -0.39 is 23.1 Å². The molecule has 0 radical (unpaired) electrons. The third-order valence-electron chi connectivity index (χ3n) is 4.85. The fourth-order valence-electron chi connectivity index (χ4n) is 2.94. The maximum Gasteiger partial charge on any atom is 0.421 e. The molecule has 1 saturated carbocycles. The topological polar surface area (TPSA) is 94.0 Å². The van der Waals surface area contributed by atoms with Crippen LogP contribution in [0, 0.1) is 0 Å². The second-order valence-corrected chi connectivity index (χ2v) is 7.31. The number of hydrogen-bond acceptors (Lipinski definition) is 7. The van der Waals surface area contributed by atoms with Gasteiger partial charge in [-0.1, -0.05) is 0 Å². The van der Waals surface area contributed by atoms with Crippen LogP contribution in [0.4, 0.5) is 30.6 Å². The predicted molar refractivity (Wildman–Crippen MR) is 94.5 cm³/mol. The number of nitrogens with zero attached hydrogens (tertiary/aromatic N) is 4. The molecule has 1 atom stereocenters. The normalized spacial score (nSPS) is 20.8. The zero-order chi connectivity index (χ0) is 19.9. The van der Waals surface area contributed by atoms with Crippen molar-refractivity contribution < 1.29 is 17.9 Å². The van der Waals surface area contributed by atoms with Crippen molar-refractivity contribution >= 4 is 17.5 Å². The van der Waals surface area contributed by atoms with Crippen LogP contribution in [-0.4, -0.2) is 38.5 Å². The van der Waals surface area contributed by atoms with Crippen LogP contribution in [0.3, 0.4) is 0 Å². The molecule has 0 amide bonds. The molecule has 2 aliphatic rings. The van der Waals surface area contributed by atoms with Gasteiger partial charge in [-0.3, -0.25) is 4.79 Å². The van der Waals surface area contributed by atoms with Crippen LogP contribution < -0.4 is 16.2 Å². The monoisotopic (exact) mass is 396 g/mol. The zero-order valence-corrected chi connectivity index (χ0v) is 15.1. The Morgan fingerprint density at radius 3 is 2.71 bits per heavy atom. The summed E-state index contributed by atoms with van der Waals surface area (Å²) in [5, 5.41) is 9.66. The Bertz CT molecular complexity index is 935. The van der Waals surface area contributed by atoms with Gasteiger partial charge in [0.15, 0.2) is 0 Å². The highest BCUT2D eigenvalue weighted by atomic mass is 19.4. The van der Waals surface area contributed by atoms with Gasteiger partial charge in [0.25, 0.3) is 5.56 Å². The van der Waals surface area contributed by atoms with Gasteiger partial charge in [0.2, 0.25) is 5.95 Å². The first-order valence-electron chi connectivity index (χ1n) is 8.90. The molecule has 2 aromatic rings. The van der Waals surface area contributed by atoms with Crippen LogP contribution >= 0.6 is 0 Å². The molecule has 2 aromatic heterocycles. The van der Waals surface area contributed by atoms with Gasteiger partial charge in [-0.2, -0.15) is 23.3 Å². The van der Waals surface area contributed by atoms with E-state index in [1.807, 2.05) is 6.92 Å². The molecular formula is C17H19F3N6O2. The van der Waals surface area contributed by atoms with E-state index in [4.69, 9.17) is 4.74 Å². The molecule has 150 valence electrons. The van der Waals surface area contributed by atoms with E-state index in [9.17, 15) is 18.0 Å². The summed E-state index contributed by atoms with van der Waals surface area (Å²) < 4.78 is 46.6. The van der Waals surface area contributed by atoms with E-state index in [0.29, 0.717) is 19.6 Å². The Labute approximate surface area is 158 Å². The third kappa shape index (κ3) is 3.93. The maximum absolute atomic E-state index is 13.3. The summed E-state index contributed by atoms with van der Waals surface area (Å²) in [5.41, 5.74) is -1.52. The molecule has 1 aliphatic heterocycles. The smallest absolute Gasteiger partial charge is 0.379 e. The Morgan fingerprint density at radius 2 is 2.11 bits per heavy atom. The average Bonchev–Trinajstić information content (AvgIpc) is 3.10. The van der Waals surface area contributed by atoms with Gasteiger partial charge in [0, 0.05) is 24.4 Å². The van der Waals surface area contributed by atoms with Crippen molar-refractivity contribution in [3.05, 3.63) is 34.4 Å². The summed E-state index contributed by atoms with van der Waals surface area (Å²) in [5.74, 6) is -0.336. The van der Waals surface area contributed by atoms with E-state index in [1.54, 1.807) is 0 Å². The number of anilines is 3. The van der Waals surface area contributed by atoms with Crippen LogP contribution in [0.25, 0.3) is 0 Å². The van der Waals surface area contributed by atoms with E-state index in [0.717, 1.165) is 19.0 Å². The van der Waals surface area contributed by atoms with Crippen molar-refractivity contribution in [1.29, 1.82) is 0 Å². The summed E-state index contributed by atoms with van der Waals surface area (Å²) in [6, 6.07) is 1.03. The summed E-state index contributed by atoms with van der Waals surface area (Å²) in [6.07, 6.45) is -0.156. The lowest BCUT2D eigenvalue weighted by atomic mass is 10.2. The van der Waals surface area contributed by atoms with E-state index in [2.05, 4.69) is 25.7 Å². The molecule has 11 heteroatoms. The van der Waals surface area contributed by atoms with Crippen LogP contribution in [0.15, 0.2) is 23.3 Å². The lowest BCUT2D eigenvalue weighted by Gasteiger charge is -2.17. The molecule has 3 heterocycles. The highest BCUT2D eigenvalue weighted by Gasteiger charge is 2.39. The first-order valence-corrected chi connectivity index (χ1v) is 8.90. The number of halogens is 3. The first kappa shape index (κ1) is 18.7. The number of alkyl halides is 3. The standard InChI is InChI=1S/C17H19F3N6O2/c1-16(3-4-16)25-15-21-8-12(17(18,19)20)14(24-15)23-10-6-13(27)26(22-7-10)11-2-5-28-9-11/h6-8,11H,2-5,9H2,1H3,(H2,21,23,24,25). The summed E-state index contributed by atoms with van der Waals surface area (Å²) in [7, 11) is 0. The molecule has 2 N–H and O–H groups in total. The van der Waals surface area contributed by atoms with Crippen molar-refractivity contribution in [2.24, 2.45) is 0 Å². The predicted octanol–water partition coefficient (Wildman–Crippen LogP) is 2.72. The second-order valence-electron chi connectivity index (χ2n) is 7.31. The Balaban J connectivity index is 1.62. The molecule has 1 unspecified atom stereocenters. The molecule has 8 nitrogen and oxygen atoms in total. The molecule has 1 aliphatic carbocycles. The van der Waals surface area contributed by atoms with Crippen LogP contribution in [0.5, 0.6) is 0 Å². The van der Waals surface area contributed by atoms with Gasteiger partial charge < -0.3 is 15.4 Å². The lowest BCUT2D eigenvalue weighted by Crippen LogP contribution is -2.27. The molecule has 0 spiro atoms. The second kappa shape index (κ2) is 6.73. The van der Waals surface area contributed by atoms with Gasteiger partial charge >= 0.3 is 6.18 Å². The molecule has 0 aromatic carbocycles. The minimum absolute atomic E-state index is 0.0971. The molecular weight excluding hydrogens is 377 g/mol. The van der Waals surface area contributed by atoms with Crippen molar-refractivity contribution in [3.8, 4) is 0 Å². The van der Waals surface area contributed by atoms with E-state index in [1.165, 1.54) is 16.9 Å². The quantitative estimate of drug-likeness (QED) is 0.803. The summed E-state index contributed by atoms with van der Waals surface area (Å²) >= 11 is 0. The lowest BCUT2D eigenvalue weighted by molar-refractivity contribution is -0.137. The van der Waals surface area contributed by atoms with Crippen molar-refractivity contribution in [3.63, 3.8) is 0 Å². The van der Waals surface area contributed by atoms with Crippen molar-refractivity contribution in [2.45, 2.75) is 43.9 Å². The molecule has 4 rings (SSSR count). The number of ether oxygens (including phenoxy) is 1. The Kier molecular flexibility index (Phi) is 4.48. The summed E-state index contributed by atoms with van der Waals surface area (Å²) in [6.45, 7) is 2.87. The van der Waals surface area contributed by atoms with Gasteiger partial charge in [-0.15, -0.1) is 0 Å². The van der Waals surface area contributed by atoms with Gasteiger partial charge in [0.1, 0.15) is 11.4 Å². The van der Waals surface area contributed by atoms with Gasteiger partial charge in [-0.25, -0.2) is 9.67 Å². The minimum atomic E-state index is -4.64. The van der Waals surface area contributed by atoms with Crippen molar-refractivity contribution in [2.75, 3.05) is 23.8 Å². The average molecular weight is 396 g/mol. The summed E-state index contributed by atoms with van der Waals surface area (Å²) in [4.78, 5) is 20.1. The fourth-order valence-corrected chi connectivity index (χ4v) is 2.94. The molecule has 0 bridgehead atoms. The number of hydrogen-bond donors (Lipinski definition) is 2. The first-order chi connectivity index (χ1) is 13.2. The van der Waals surface area contributed by atoms with Gasteiger partial charge in [-0.05, 0) is 26.2 Å². The number of rotatable bonds is 5. The van der Waals surface area contributed by atoms with Crippen LogP contribution in [-0.2, 0) is 10.9 Å². The van der Waals surface area contributed by atoms with Crippen LogP contribution in [0.1, 0.15) is 37.8 Å². The molecule has 1 saturated heterocycles. The number of nitrogens with one attached hydrogen (secondary N) is 2. The van der Waals surface area contributed by atoms with Crippen molar-refractivity contribution in [1.82, 2.24) is 19.7 Å². The van der Waals surface area contributed by atoms with E-state index >= 15 is 0 Å². The highest BCUT2D eigenvalue weighted by Crippen LogP contribution is 2.39. The SMILES string of the molecule is CC1(Nc2ncc(C(F)(F)F)c(Nc3cnn(C4CCOC4)c(=O)c3)n2)CC1. The Hall–Kier alpha value is -2.69. The third-order valence-corrected chi connectivity index (χ3v) is 4.85. The molecule has 2 fully saturated rings. The van der Waals surface area contributed by atoms with Crippen LogP contribution in [0.2, 0.25) is 0 Å². The zero-order valence-electron chi connectivity index (χ0n) is 15.1. The maximum atomic E-state index is 13.3. The minimum Gasteiger partial charge on any atom is -0.379 e.